The summed E-state index contributed by atoms with van der Waals surface area (Å²) in [6.45, 7) is 6.02. The molecule has 230 valence electrons. The molecule has 0 aliphatic heterocycles. The van der Waals surface area contributed by atoms with Gasteiger partial charge in [-0.2, -0.15) is 0 Å². The molecule has 11 heteroatoms. The molecule has 0 radical (unpaired) electrons. The zero-order valence-electron chi connectivity index (χ0n) is 24.9. The molecule has 1 aliphatic rings. The molecule has 3 aromatic rings. The first-order chi connectivity index (χ1) is 20.7. The Hall–Kier alpha value is -3.72. The minimum Gasteiger partial charge on any atom is -0.451 e. The average molecular weight is 610 g/mol. The third kappa shape index (κ3) is 8.22. The topological polar surface area (TPSA) is 127 Å². The van der Waals surface area contributed by atoms with E-state index in [4.69, 9.17) is 13.8 Å². The summed E-state index contributed by atoms with van der Waals surface area (Å²) in [5, 5.41) is 7.24. The molecule has 2 aromatic carbocycles. The highest BCUT2D eigenvalue weighted by Gasteiger charge is 2.60. The number of nitrogens with zero attached hydrogens (tertiary/aromatic N) is 1. The maximum absolute atomic E-state index is 13.4. The minimum atomic E-state index is -2.97. The molecule has 1 aromatic heterocycles. The quantitative estimate of drug-likeness (QED) is 0.0943. The Balaban J connectivity index is 1.34. The van der Waals surface area contributed by atoms with E-state index >= 15 is 0 Å². The van der Waals surface area contributed by atoms with Crippen molar-refractivity contribution in [2.24, 2.45) is 11.3 Å². The molecule has 10 nitrogen and oxygen atoms in total. The number of hydroxylamine groups is 2. The number of amides is 3. The van der Waals surface area contributed by atoms with Gasteiger partial charge in [0.25, 0.3) is 5.91 Å². The summed E-state index contributed by atoms with van der Waals surface area (Å²) >= 11 is 0. The van der Waals surface area contributed by atoms with Crippen molar-refractivity contribution >= 4 is 30.9 Å². The van der Waals surface area contributed by atoms with E-state index in [-0.39, 0.29) is 37.4 Å². The molecule has 3 atom stereocenters. The van der Waals surface area contributed by atoms with E-state index in [9.17, 15) is 18.9 Å². The monoisotopic (exact) mass is 609 g/mol. The van der Waals surface area contributed by atoms with Crippen LogP contribution < -0.4 is 15.9 Å². The van der Waals surface area contributed by atoms with Crippen molar-refractivity contribution in [2.75, 3.05) is 26.5 Å². The van der Waals surface area contributed by atoms with Crippen LogP contribution in [0.3, 0.4) is 0 Å². The summed E-state index contributed by atoms with van der Waals surface area (Å²) < 4.78 is 24.0. The molecule has 4 rings (SSSR count). The Morgan fingerprint density at radius 2 is 1.88 bits per heavy atom. The average Bonchev–Trinajstić information content (AvgIpc) is 3.48. The highest BCUT2D eigenvalue weighted by Crippen LogP contribution is 2.56. The predicted octanol–water partition coefficient (Wildman–Crippen LogP) is 5.11. The standard InChI is InChI=1S/C32H40N3O7P/c1-4-6-14-26-19-32(26,21-35(23-36)40-20-24-11-8-7-9-12-24)31(38)34-22-33-30(37)29-17-16-28(42-29)25-13-10-15-27(18-25)43(3,39)41-5-2/h7-13,15-18,23,26H,4-6,14,19-22H2,1-3H3,(H,33,37)(H,34,38). The molecule has 43 heavy (non-hydrogen) atoms. The van der Waals surface area contributed by atoms with Gasteiger partial charge in [0.2, 0.25) is 19.7 Å². The summed E-state index contributed by atoms with van der Waals surface area (Å²) in [6.07, 6.45) is 4.10. The fraction of sp³-hybridized carbons (Fsp3) is 0.406. The lowest BCUT2D eigenvalue weighted by molar-refractivity contribution is -0.184. The van der Waals surface area contributed by atoms with Gasteiger partial charge in [-0.3, -0.25) is 23.8 Å². The number of hydrogen-bond donors (Lipinski definition) is 2. The molecule has 3 amide bonds. The largest absolute Gasteiger partial charge is 0.451 e. The van der Waals surface area contributed by atoms with Crippen LogP contribution in [0.15, 0.2) is 71.1 Å². The van der Waals surface area contributed by atoms with Gasteiger partial charge in [-0.1, -0.05) is 62.2 Å². The van der Waals surface area contributed by atoms with Crippen molar-refractivity contribution in [3.8, 4) is 11.3 Å². The number of hydrogen-bond acceptors (Lipinski definition) is 7. The molecular weight excluding hydrogens is 569 g/mol. The van der Waals surface area contributed by atoms with E-state index in [1.165, 1.54) is 5.06 Å². The molecule has 1 heterocycles. The van der Waals surface area contributed by atoms with E-state index in [1.54, 1.807) is 50.0 Å². The van der Waals surface area contributed by atoms with Crippen LogP contribution in [-0.4, -0.2) is 49.8 Å². The summed E-state index contributed by atoms with van der Waals surface area (Å²) in [4.78, 5) is 43.7. The van der Waals surface area contributed by atoms with E-state index in [1.807, 2.05) is 30.3 Å². The maximum Gasteiger partial charge on any atom is 0.288 e. The lowest BCUT2D eigenvalue weighted by Gasteiger charge is -2.24. The maximum atomic E-state index is 13.4. The lowest BCUT2D eigenvalue weighted by Crippen LogP contribution is -2.45. The second kappa shape index (κ2) is 14.6. The van der Waals surface area contributed by atoms with Crippen molar-refractivity contribution in [3.63, 3.8) is 0 Å². The van der Waals surface area contributed by atoms with E-state index in [0.717, 1.165) is 24.8 Å². The first-order valence-electron chi connectivity index (χ1n) is 14.6. The molecule has 1 saturated carbocycles. The zero-order chi connectivity index (χ0) is 30.9. The Bertz CT molecular complexity index is 1440. The van der Waals surface area contributed by atoms with E-state index < -0.39 is 18.7 Å². The fourth-order valence-corrected chi connectivity index (χ4v) is 6.56. The second-order valence-corrected chi connectivity index (χ2v) is 13.3. The van der Waals surface area contributed by atoms with Gasteiger partial charge in [0.15, 0.2) is 5.76 Å². The minimum absolute atomic E-state index is 0.0718. The van der Waals surface area contributed by atoms with Crippen LogP contribution in [0.25, 0.3) is 11.3 Å². The van der Waals surface area contributed by atoms with Gasteiger partial charge in [0.1, 0.15) is 12.4 Å². The van der Waals surface area contributed by atoms with Crippen molar-refractivity contribution < 1.29 is 32.7 Å². The molecule has 0 bridgehead atoms. The van der Waals surface area contributed by atoms with Crippen LogP contribution in [0.4, 0.5) is 0 Å². The van der Waals surface area contributed by atoms with Gasteiger partial charge < -0.3 is 19.6 Å². The van der Waals surface area contributed by atoms with Gasteiger partial charge in [0, 0.05) is 17.5 Å². The van der Waals surface area contributed by atoms with Gasteiger partial charge in [0.05, 0.1) is 25.2 Å². The van der Waals surface area contributed by atoms with Crippen LogP contribution in [0.2, 0.25) is 0 Å². The Morgan fingerprint density at radius 1 is 1.09 bits per heavy atom. The summed E-state index contributed by atoms with van der Waals surface area (Å²) in [7, 11) is -2.97. The first kappa shape index (κ1) is 32.2. The smallest absolute Gasteiger partial charge is 0.288 e. The van der Waals surface area contributed by atoms with E-state index in [0.29, 0.717) is 36.1 Å². The van der Waals surface area contributed by atoms with Gasteiger partial charge >= 0.3 is 0 Å². The number of unbranched alkanes of at least 4 members (excludes halogenated alkanes) is 1. The second-order valence-electron chi connectivity index (χ2n) is 10.8. The third-order valence-electron chi connectivity index (χ3n) is 7.69. The van der Waals surface area contributed by atoms with Crippen molar-refractivity contribution in [3.05, 3.63) is 78.1 Å². The van der Waals surface area contributed by atoms with Crippen LogP contribution in [0.5, 0.6) is 0 Å². The number of carbonyl (C=O) groups excluding carboxylic acids is 3. The number of furan rings is 1. The normalized spacial score (nSPS) is 18.8. The van der Waals surface area contributed by atoms with Gasteiger partial charge in [-0.15, -0.1) is 0 Å². The highest BCUT2D eigenvalue weighted by atomic mass is 31.2. The van der Waals surface area contributed by atoms with Gasteiger partial charge in [-0.25, -0.2) is 5.06 Å². The van der Waals surface area contributed by atoms with Crippen LogP contribution in [-0.2, 0) is 30.1 Å². The van der Waals surface area contributed by atoms with Gasteiger partial charge in [-0.05, 0) is 55.5 Å². The summed E-state index contributed by atoms with van der Waals surface area (Å²) in [5.41, 5.74) is 0.800. The fourth-order valence-electron chi connectivity index (χ4n) is 5.19. The Labute approximate surface area is 252 Å². The molecule has 2 N–H and O–H groups in total. The van der Waals surface area contributed by atoms with Crippen LogP contribution in [0.1, 0.15) is 55.6 Å². The predicted molar refractivity (Wildman–Crippen MR) is 163 cm³/mol. The summed E-state index contributed by atoms with van der Waals surface area (Å²) in [5.74, 6) is -0.101. The molecule has 0 saturated heterocycles. The van der Waals surface area contributed by atoms with Crippen LogP contribution in [0, 0.1) is 11.3 Å². The Morgan fingerprint density at radius 3 is 2.60 bits per heavy atom. The number of nitrogens with one attached hydrogen (secondary N) is 2. The summed E-state index contributed by atoms with van der Waals surface area (Å²) in [6, 6.07) is 19.7. The van der Waals surface area contributed by atoms with Crippen molar-refractivity contribution in [1.29, 1.82) is 0 Å². The SMILES string of the molecule is CCCCC1CC1(CN(C=O)OCc1ccccc1)C(=O)NCNC(=O)c1ccc(-c2cccc(P(C)(=O)OCC)c2)o1. The highest BCUT2D eigenvalue weighted by molar-refractivity contribution is 7.66. The lowest BCUT2D eigenvalue weighted by atomic mass is 9.99. The molecule has 1 fully saturated rings. The first-order valence-corrected chi connectivity index (χ1v) is 16.7. The zero-order valence-corrected chi connectivity index (χ0v) is 25.8. The molecule has 0 spiro atoms. The number of carbonyl (C=O) groups is 3. The van der Waals surface area contributed by atoms with Crippen LogP contribution >= 0.6 is 7.37 Å². The number of rotatable bonds is 17. The van der Waals surface area contributed by atoms with Crippen molar-refractivity contribution in [1.82, 2.24) is 15.7 Å². The third-order valence-corrected chi connectivity index (χ3v) is 9.66. The van der Waals surface area contributed by atoms with Crippen molar-refractivity contribution in [2.45, 2.75) is 46.1 Å². The molecular formula is C32H40N3O7P. The van der Waals surface area contributed by atoms with E-state index in [2.05, 4.69) is 17.6 Å². The Kier molecular flexibility index (Phi) is 11.0. The molecule has 1 aliphatic carbocycles. The number of benzene rings is 2. The molecule has 3 unspecified atom stereocenters.